The molecular weight excluding hydrogens is 242 g/mol. The highest BCUT2D eigenvalue weighted by Crippen LogP contribution is 2.28. The minimum Gasteiger partial charge on any atom is -0.619 e. The van der Waals surface area contributed by atoms with Crippen molar-refractivity contribution in [2.24, 2.45) is 10.2 Å². The van der Waals surface area contributed by atoms with Crippen LogP contribution in [0.4, 0.5) is 22.7 Å². The minimum atomic E-state index is 0.480. The lowest BCUT2D eigenvalue weighted by molar-refractivity contribution is -0.604. The molecule has 0 bridgehead atoms. The van der Waals surface area contributed by atoms with Gasteiger partial charge in [-0.25, -0.2) is 0 Å². The normalized spacial score (nSPS) is 10.8. The number of azo groups is 1. The van der Waals surface area contributed by atoms with Crippen LogP contribution in [0.15, 0.2) is 53.0 Å². The summed E-state index contributed by atoms with van der Waals surface area (Å²) in [6, 6.07) is 8.83. The van der Waals surface area contributed by atoms with Crippen LogP contribution in [0.1, 0.15) is 0 Å². The van der Waals surface area contributed by atoms with Gasteiger partial charge >= 0.3 is 0 Å². The van der Waals surface area contributed by atoms with Crippen LogP contribution >= 0.6 is 0 Å². The van der Waals surface area contributed by atoms with Crippen LogP contribution in [-0.2, 0) is 0 Å². The van der Waals surface area contributed by atoms with Gasteiger partial charge in [-0.2, -0.15) is 4.73 Å². The summed E-state index contributed by atoms with van der Waals surface area (Å²) < 4.78 is 0.673. The third kappa shape index (κ3) is 3.19. The molecule has 0 amide bonds. The molecule has 1 aromatic carbocycles. The van der Waals surface area contributed by atoms with Crippen molar-refractivity contribution in [1.29, 1.82) is 0 Å². The van der Waals surface area contributed by atoms with Gasteiger partial charge in [0, 0.05) is 25.8 Å². The van der Waals surface area contributed by atoms with E-state index in [4.69, 9.17) is 5.73 Å². The molecule has 6 heteroatoms. The average molecular weight is 257 g/mol. The van der Waals surface area contributed by atoms with Crippen LogP contribution in [0, 0.1) is 5.21 Å². The highest BCUT2D eigenvalue weighted by atomic mass is 16.5. The summed E-state index contributed by atoms with van der Waals surface area (Å²) in [5.41, 5.74) is 8.50. The molecule has 0 fully saturated rings. The maximum atomic E-state index is 11.1. The van der Waals surface area contributed by atoms with E-state index < -0.39 is 0 Å². The van der Waals surface area contributed by atoms with E-state index in [9.17, 15) is 5.21 Å². The van der Waals surface area contributed by atoms with E-state index in [-0.39, 0.29) is 0 Å². The molecule has 2 rings (SSSR count). The summed E-state index contributed by atoms with van der Waals surface area (Å²) in [5.74, 6) is 0. The third-order valence-corrected chi connectivity index (χ3v) is 2.56. The molecule has 2 aromatic rings. The highest BCUT2D eigenvalue weighted by Gasteiger charge is 2.02. The SMILES string of the molecule is CN(C)c1ccc(N=Nc2ccc[n+]([O-])c2)c(N)c1. The molecule has 1 heterocycles. The first-order valence-corrected chi connectivity index (χ1v) is 5.73. The van der Waals surface area contributed by atoms with E-state index in [0.717, 1.165) is 5.69 Å². The number of aromatic nitrogens is 1. The molecule has 0 aliphatic rings. The van der Waals surface area contributed by atoms with Gasteiger partial charge in [0.2, 0.25) is 6.20 Å². The molecular formula is C13H15N5O. The molecule has 2 N–H and O–H groups in total. The standard InChI is InChI=1S/C13H15N5O/c1-17(2)11-5-6-13(12(14)8-11)16-15-10-4-3-7-18(19)9-10/h3-9H,14H2,1-2H3. The zero-order chi connectivity index (χ0) is 13.8. The summed E-state index contributed by atoms with van der Waals surface area (Å²) in [5, 5.41) is 19.1. The van der Waals surface area contributed by atoms with Gasteiger partial charge < -0.3 is 15.8 Å². The van der Waals surface area contributed by atoms with Crippen molar-refractivity contribution in [3.8, 4) is 0 Å². The van der Waals surface area contributed by atoms with Gasteiger partial charge in [-0.3, -0.25) is 0 Å². The quantitative estimate of drug-likeness (QED) is 0.396. The van der Waals surface area contributed by atoms with Gasteiger partial charge in [0.05, 0.1) is 5.69 Å². The Balaban J connectivity index is 2.24. The van der Waals surface area contributed by atoms with Gasteiger partial charge in [-0.05, 0) is 24.3 Å². The van der Waals surface area contributed by atoms with Crippen molar-refractivity contribution >= 4 is 22.7 Å². The lowest BCUT2D eigenvalue weighted by Crippen LogP contribution is -2.23. The predicted molar refractivity (Wildman–Crippen MR) is 74.8 cm³/mol. The zero-order valence-corrected chi connectivity index (χ0v) is 10.8. The smallest absolute Gasteiger partial charge is 0.207 e. The van der Waals surface area contributed by atoms with Crippen molar-refractivity contribution in [3.05, 3.63) is 47.9 Å². The third-order valence-electron chi connectivity index (χ3n) is 2.56. The second kappa shape index (κ2) is 5.34. The molecule has 0 aliphatic carbocycles. The Labute approximate surface area is 111 Å². The van der Waals surface area contributed by atoms with Crippen LogP contribution in [0.5, 0.6) is 0 Å². The Hall–Kier alpha value is -2.63. The molecule has 1 aromatic heterocycles. The van der Waals surface area contributed by atoms with Gasteiger partial charge in [0.15, 0.2) is 11.9 Å². The first kappa shape index (κ1) is 12.8. The summed E-state index contributed by atoms with van der Waals surface area (Å²) in [6.45, 7) is 0. The van der Waals surface area contributed by atoms with E-state index in [1.54, 1.807) is 18.2 Å². The number of nitrogens with zero attached hydrogens (tertiary/aromatic N) is 4. The Bertz CT molecular complexity index is 610. The summed E-state index contributed by atoms with van der Waals surface area (Å²) in [4.78, 5) is 1.95. The fourth-order valence-corrected chi connectivity index (χ4v) is 1.52. The van der Waals surface area contributed by atoms with Crippen LogP contribution < -0.4 is 15.4 Å². The number of hydrogen-bond acceptors (Lipinski definition) is 5. The lowest BCUT2D eigenvalue weighted by Gasteiger charge is -2.13. The van der Waals surface area contributed by atoms with Crippen molar-refractivity contribution < 1.29 is 4.73 Å². The fourth-order valence-electron chi connectivity index (χ4n) is 1.52. The summed E-state index contributed by atoms with van der Waals surface area (Å²) in [7, 11) is 3.87. The van der Waals surface area contributed by atoms with E-state index in [1.165, 1.54) is 12.4 Å². The molecule has 19 heavy (non-hydrogen) atoms. The molecule has 0 radical (unpaired) electrons. The van der Waals surface area contributed by atoms with Gasteiger partial charge in [0.25, 0.3) is 0 Å². The van der Waals surface area contributed by atoms with E-state index in [1.807, 2.05) is 31.1 Å². The van der Waals surface area contributed by atoms with Crippen molar-refractivity contribution in [1.82, 2.24) is 0 Å². The summed E-state index contributed by atoms with van der Waals surface area (Å²) in [6.07, 6.45) is 2.73. The van der Waals surface area contributed by atoms with Crippen LogP contribution in [-0.4, -0.2) is 14.1 Å². The van der Waals surface area contributed by atoms with Gasteiger partial charge in [0.1, 0.15) is 5.69 Å². The van der Waals surface area contributed by atoms with E-state index in [2.05, 4.69) is 10.2 Å². The van der Waals surface area contributed by atoms with E-state index >= 15 is 0 Å². The van der Waals surface area contributed by atoms with Crippen LogP contribution in [0.2, 0.25) is 0 Å². The number of benzene rings is 1. The molecule has 0 unspecified atom stereocenters. The Morgan fingerprint density at radius 1 is 1.21 bits per heavy atom. The summed E-state index contributed by atoms with van der Waals surface area (Å²) >= 11 is 0. The number of rotatable bonds is 3. The monoisotopic (exact) mass is 257 g/mol. The lowest BCUT2D eigenvalue weighted by atomic mass is 10.2. The second-order valence-corrected chi connectivity index (χ2v) is 4.26. The molecule has 98 valence electrons. The number of pyridine rings is 1. The number of hydrogen-bond donors (Lipinski definition) is 1. The van der Waals surface area contributed by atoms with Crippen LogP contribution in [0.3, 0.4) is 0 Å². The van der Waals surface area contributed by atoms with Gasteiger partial charge in [-0.15, -0.1) is 10.2 Å². The maximum absolute atomic E-state index is 11.1. The number of nitrogens with two attached hydrogens (primary N) is 1. The largest absolute Gasteiger partial charge is 0.619 e. The Morgan fingerprint density at radius 3 is 2.63 bits per heavy atom. The molecule has 0 saturated heterocycles. The molecule has 0 aliphatic heterocycles. The number of anilines is 2. The first-order chi connectivity index (χ1) is 9.06. The maximum Gasteiger partial charge on any atom is 0.207 e. The average Bonchev–Trinajstić information content (AvgIpc) is 2.37. The first-order valence-electron chi connectivity index (χ1n) is 5.73. The Kier molecular flexibility index (Phi) is 3.61. The predicted octanol–water partition coefficient (Wildman–Crippen LogP) is 2.38. The fraction of sp³-hybridized carbons (Fsp3) is 0.154. The minimum absolute atomic E-state index is 0.480. The molecule has 6 nitrogen and oxygen atoms in total. The van der Waals surface area contributed by atoms with Crippen molar-refractivity contribution in [3.63, 3.8) is 0 Å². The molecule has 0 spiro atoms. The molecule has 0 atom stereocenters. The Morgan fingerprint density at radius 2 is 2.00 bits per heavy atom. The van der Waals surface area contributed by atoms with Crippen LogP contribution in [0.25, 0.3) is 0 Å². The van der Waals surface area contributed by atoms with E-state index in [0.29, 0.717) is 21.8 Å². The molecule has 0 saturated carbocycles. The van der Waals surface area contributed by atoms with Gasteiger partial charge in [-0.1, -0.05) is 0 Å². The highest BCUT2D eigenvalue weighted by molar-refractivity contribution is 5.69. The van der Waals surface area contributed by atoms with Crippen molar-refractivity contribution in [2.45, 2.75) is 0 Å². The van der Waals surface area contributed by atoms with Crippen molar-refractivity contribution in [2.75, 3.05) is 24.7 Å². The topological polar surface area (TPSA) is 80.9 Å². The zero-order valence-electron chi connectivity index (χ0n) is 10.8. The number of nitrogen functional groups attached to an aromatic ring is 1. The second-order valence-electron chi connectivity index (χ2n) is 4.26.